The summed E-state index contributed by atoms with van der Waals surface area (Å²) in [6.07, 6.45) is 0.307. The average Bonchev–Trinajstić information content (AvgIpc) is 3.53. The first kappa shape index (κ1) is 24.5. The Morgan fingerprint density at radius 3 is 2.47 bits per heavy atom. The third kappa shape index (κ3) is 4.66. The van der Waals surface area contributed by atoms with Gasteiger partial charge in [0, 0.05) is 44.3 Å². The molecule has 0 aliphatic carbocycles. The molecule has 5 rings (SSSR count). The molecule has 36 heavy (non-hydrogen) atoms. The second-order valence-corrected chi connectivity index (χ2v) is 10.1. The number of aliphatic hydroxyl groups is 1. The molecule has 0 saturated carbocycles. The van der Waals surface area contributed by atoms with Crippen molar-refractivity contribution in [2.24, 2.45) is 0 Å². The fourth-order valence-electron chi connectivity index (χ4n) is 5.65. The number of hydrogen-bond donors (Lipinski definition) is 3. The summed E-state index contributed by atoms with van der Waals surface area (Å²) in [5, 5.41) is 9.78. The van der Waals surface area contributed by atoms with Gasteiger partial charge in [-0.2, -0.15) is 0 Å². The molecule has 0 bridgehead atoms. The van der Waals surface area contributed by atoms with E-state index in [9.17, 15) is 14.7 Å². The van der Waals surface area contributed by atoms with Crippen molar-refractivity contribution < 1.29 is 19.4 Å². The summed E-state index contributed by atoms with van der Waals surface area (Å²) in [7, 11) is 1.64. The number of hydrogen-bond acceptors (Lipinski definition) is 6. The Hall–Kier alpha value is -3.14. The number of anilines is 1. The predicted molar refractivity (Wildman–Crippen MR) is 137 cm³/mol. The summed E-state index contributed by atoms with van der Waals surface area (Å²) in [5.41, 5.74) is 9.08. The third-order valence-corrected chi connectivity index (χ3v) is 7.82. The number of aliphatic hydroxyl groups excluding tert-OH is 1. The highest BCUT2D eigenvalue weighted by Crippen LogP contribution is 2.40. The number of nitrogens with zero attached hydrogens (tertiary/aromatic N) is 3. The zero-order valence-corrected chi connectivity index (χ0v) is 20.9. The molecule has 1 spiro atoms. The van der Waals surface area contributed by atoms with Crippen LogP contribution in [0.3, 0.4) is 0 Å². The van der Waals surface area contributed by atoms with Crippen LogP contribution in [0.4, 0.5) is 10.5 Å². The summed E-state index contributed by atoms with van der Waals surface area (Å²) < 4.78 is 5.40. The van der Waals surface area contributed by atoms with Gasteiger partial charge in [-0.1, -0.05) is 24.3 Å². The van der Waals surface area contributed by atoms with Crippen LogP contribution in [-0.4, -0.2) is 78.3 Å². The van der Waals surface area contributed by atoms with Crippen molar-refractivity contribution in [1.82, 2.24) is 20.7 Å². The quantitative estimate of drug-likeness (QED) is 0.570. The first-order valence-electron chi connectivity index (χ1n) is 12.6. The van der Waals surface area contributed by atoms with Gasteiger partial charge in [-0.05, 0) is 55.2 Å². The second-order valence-electron chi connectivity index (χ2n) is 10.1. The van der Waals surface area contributed by atoms with E-state index >= 15 is 0 Å². The molecule has 3 amide bonds. The Labute approximate surface area is 212 Å². The van der Waals surface area contributed by atoms with Crippen LogP contribution in [0.1, 0.15) is 36.8 Å². The minimum absolute atomic E-state index is 0.0231. The van der Waals surface area contributed by atoms with Crippen molar-refractivity contribution in [2.75, 3.05) is 44.7 Å². The fourth-order valence-corrected chi connectivity index (χ4v) is 5.65. The summed E-state index contributed by atoms with van der Waals surface area (Å²) in [6, 6.07) is 16.1. The highest BCUT2D eigenvalue weighted by Gasteiger charge is 2.51. The fraction of sp³-hybridized carbons (Fsp3) is 0.481. The molecule has 2 aromatic carbocycles. The molecular weight excluding hydrogens is 458 g/mol. The molecule has 1 atom stereocenters. The van der Waals surface area contributed by atoms with E-state index in [1.807, 2.05) is 46.2 Å². The van der Waals surface area contributed by atoms with E-state index in [-0.39, 0.29) is 11.9 Å². The lowest BCUT2D eigenvalue weighted by Gasteiger charge is -2.44. The molecule has 3 N–H and O–H groups in total. The lowest BCUT2D eigenvalue weighted by atomic mass is 9.86. The number of ether oxygens (including phenoxy) is 1. The molecule has 192 valence electrons. The van der Waals surface area contributed by atoms with Crippen LogP contribution in [0.2, 0.25) is 0 Å². The van der Waals surface area contributed by atoms with Gasteiger partial charge in [0.25, 0.3) is 5.91 Å². The number of urea groups is 1. The number of rotatable bonds is 6. The Balaban J connectivity index is 1.40. The topological polar surface area (TPSA) is 97.4 Å². The first-order chi connectivity index (χ1) is 17.4. The standard InChI is InChI=1S/C27H35N5O4/c1-19(33)25(34)30-12-10-27(11-13-30)18-31(23-8-6-21(7-9-23)22-15-28-29-16-22)26(35)32(27)17-20-4-3-5-24(14-20)36-2/h3-9,14,19,22,28-29,33H,10-13,15-18H2,1-2H3/t19-/m0/s1. The molecule has 9 heteroatoms. The van der Waals surface area contributed by atoms with E-state index in [1.165, 1.54) is 12.5 Å². The van der Waals surface area contributed by atoms with Gasteiger partial charge in [-0.3, -0.25) is 20.5 Å². The normalized spacial score (nSPS) is 20.9. The SMILES string of the molecule is COc1cccc(CN2C(=O)N(c3ccc(C4CNNC4)cc3)CC23CCN(C(=O)[C@H](C)O)CC3)c1. The predicted octanol–water partition coefficient (Wildman–Crippen LogP) is 2.07. The Morgan fingerprint density at radius 2 is 1.83 bits per heavy atom. The summed E-state index contributed by atoms with van der Waals surface area (Å²) in [5.74, 6) is 0.922. The average molecular weight is 494 g/mol. The zero-order valence-electron chi connectivity index (χ0n) is 20.9. The summed E-state index contributed by atoms with van der Waals surface area (Å²) in [4.78, 5) is 31.8. The largest absolute Gasteiger partial charge is 0.497 e. The van der Waals surface area contributed by atoms with E-state index in [0.29, 0.717) is 44.9 Å². The van der Waals surface area contributed by atoms with Crippen molar-refractivity contribution in [3.63, 3.8) is 0 Å². The van der Waals surface area contributed by atoms with Gasteiger partial charge in [-0.25, -0.2) is 4.79 Å². The molecule has 9 nitrogen and oxygen atoms in total. The van der Waals surface area contributed by atoms with Gasteiger partial charge in [-0.15, -0.1) is 0 Å². The first-order valence-corrected chi connectivity index (χ1v) is 12.6. The van der Waals surface area contributed by atoms with Crippen molar-refractivity contribution in [2.45, 2.75) is 43.9 Å². The number of amides is 3. The molecule has 2 aromatic rings. The molecule has 3 fully saturated rings. The zero-order chi connectivity index (χ0) is 25.3. The van der Waals surface area contributed by atoms with Crippen LogP contribution < -0.4 is 20.5 Å². The van der Waals surface area contributed by atoms with E-state index in [1.54, 1.807) is 12.0 Å². The van der Waals surface area contributed by atoms with E-state index in [2.05, 4.69) is 23.0 Å². The lowest BCUT2D eigenvalue weighted by molar-refractivity contribution is -0.141. The Morgan fingerprint density at radius 1 is 1.14 bits per heavy atom. The number of nitrogens with one attached hydrogen (secondary N) is 2. The van der Waals surface area contributed by atoms with E-state index in [4.69, 9.17) is 4.74 Å². The van der Waals surface area contributed by atoms with Crippen molar-refractivity contribution >= 4 is 17.6 Å². The number of methoxy groups -OCH3 is 1. The highest BCUT2D eigenvalue weighted by atomic mass is 16.5. The number of carbonyl (C=O) groups is 2. The van der Waals surface area contributed by atoms with Crippen LogP contribution in [0.5, 0.6) is 5.75 Å². The lowest BCUT2D eigenvalue weighted by Crippen LogP contribution is -2.56. The van der Waals surface area contributed by atoms with Crippen molar-refractivity contribution in [3.8, 4) is 5.75 Å². The second kappa shape index (κ2) is 10.1. The van der Waals surface area contributed by atoms with Crippen LogP contribution in [0, 0.1) is 0 Å². The smallest absolute Gasteiger partial charge is 0.325 e. The monoisotopic (exact) mass is 493 g/mol. The van der Waals surface area contributed by atoms with Gasteiger partial charge in [0.15, 0.2) is 0 Å². The molecule has 0 radical (unpaired) electrons. The van der Waals surface area contributed by atoms with Crippen LogP contribution in [0.25, 0.3) is 0 Å². The molecule has 3 saturated heterocycles. The summed E-state index contributed by atoms with van der Waals surface area (Å²) in [6.45, 7) is 5.35. The van der Waals surface area contributed by atoms with Gasteiger partial charge < -0.3 is 19.6 Å². The number of piperidine rings is 1. The molecule has 3 aliphatic rings. The van der Waals surface area contributed by atoms with Gasteiger partial charge in [0.05, 0.1) is 19.2 Å². The third-order valence-electron chi connectivity index (χ3n) is 7.82. The van der Waals surface area contributed by atoms with Crippen molar-refractivity contribution in [3.05, 3.63) is 59.7 Å². The minimum atomic E-state index is -1.02. The molecule has 3 heterocycles. The van der Waals surface area contributed by atoms with Gasteiger partial charge in [0.2, 0.25) is 0 Å². The minimum Gasteiger partial charge on any atom is -0.497 e. The summed E-state index contributed by atoms with van der Waals surface area (Å²) >= 11 is 0. The molecule has 0 unspecified atom stereocenters. The van der Waals surface area contributed by atoms with Crippen LogP contribution >= 0.6 is 0 Å². The molecular formula is C27H35N5O4. The highest BCUT2D eigenvalue weighted by molar-refractivity contribution is 5.95. The number of benzene rings is 2. The maximum Gasteiger partial charge on any atom is 0.325 e. The molecule has 0 aromatic heterocycles. The van der Waals surface area contributed by atoms with Crippen LogP contribution in [-0.2, 0) is 11.3 Å². The number of likely N-dealkylation sites (tertiary alicyclic amines) is 1. The van der Waals surface area contributed by atoms with Gasteiger partial charge >= 0.3 is 6.03 Å². The molecule has 3 aliphatic heterocycles. The van der Waals surface area contributed by atoms with E-state index < -0.39 is 11.6 Å². The van der Waals surface area contributed by atoms with Crippen molar-refractivity contribution in [1.29, 1.82) is 0 Å². The van der Waals surface area contributed by atoms with Crippen LogP contribution in [0.15, 0.2) is 48.5 Å². The number of hydrazine groups is 1. The maximum absolute atomic E-state index is 13.9. The van der Waals surface area contributed by atoms with Gasteiger partial charge in [0.1, 0.15) is 11.9 Å². The number of carbonyl (C=O) groups excluding carboxylic acids is 2. The van der Waals surface area contributed by atoms with E-state index in [0.717, 1.165) is 30.1 Å². The Kier molecular flexibility index (Phi) is 6.87. The maximum atomic E-state index is 13.9. The Bertz CT molecular complexity index is 1090.